The van der Waals surface area contributed by atoms with E-state index in [1.165, 1.54) is 16.3 Å². The van der Waals surface area contributed by atoms with Crippen molar-refractivity contribution in [2.45, 2.75) is 19.5 Å². The van der Waals surface area contributed by atoms with Crippen LogP contribution in [0.1, 0.15) is 18.5 Å². The third-order valence-corrected chi connectivity index (χ3v) is 3.60. The zero-order valence-corrected chi connectivity index (χ0v) is 11.7. The molecule has 20 heavy (non-hydrogen) atoms. The Bertz CT molecular complexity index is 668. The molecule has 102 valence electrons. The summed E-state index contributed by atoms with van der Waals surface area (Å²) in [6.45, 7) is 3.98. The van der Waals surface area contributed by atoms with E-state index in [-0.39, 0.29) is 0 Å². The van der Waals surface area contributed by atoms with Crippen molar-refractivity contribution in [1.82, 2.24) is 14.9 Å². The molecule has 0 amide bonds. The van der Waals surface area contributed by atoms with Crippen LogP contribution in [-0.4, -0.2) is 16.1 Å². The van der Waals surface area contributed by atoms with Gasteiger partial charge in [0.25, 0.3) is 0 Å². The van der Waals surface area contributed by atoms with Gasteiger partial charge in [-0.1, -0.05) is 49.4 Å². The Balaban J connectivity index is 2.00. The zero-order chi connectivity index (χ0) is 13.8. The fraction of sp³-hybridized carbons (Fsp3) is 0.235. The van der Waals surface area contributed by atoms with E-state index < -0.39 is 0 Å². The third kappa shape index (κ3) is 2.58. The number of nitrogens with zero attached hydrogens (tertiary/aromatic N) is 2. The molecule has 0 spiro atoms. The molecule has 0 saturated heterocycles. The van der Waals surface area contributed by atoms with Crippen LogP contribution in [0.15, 0.2) is 61.2 Å². The van der Waals surface area contributed by atoms with Gasteiger partial charge in [-0.2, -0.15) is 0 Å². The first-order chi connectivity index (χ1) is 9.88. The summed E-state index contributed by atoms with van der Waals surface area (Å²) in [5, 5.41) is 6.19. The van der Waals surface area contributed by atoms with Gasteiger partial charge < -0.3 is 9.88 Å². The maximum atomic E-state index is 4.13. The Kier molecular flexibility index (Phi) is 3.79. The van der Waals surface area contributed by atoms with E-state index in [1.54, 1.807) is 0 Å². The molecule has 0 bridgehead atoms. The van der Waals surface area contributed by atoms with Crippen molar-refractivity contribution in [2.24, 2.45) is 0 Å². The number of nitrogens with one attached hydrogen (secondary N) is 1. The minimum atomic E-state index is 0.292. The maximum absolute atomic E-state index is 4.13. The second-order valence-corrected chi connectivity index (χ2v) is 4.94. The van der Waals surface area contributed by atoms with Gasteiger partial charge in [-0.3, -0.25) is 0 Å². The van der Waals surface area contributed by atoms with Gasteiger partial charge in [-0.05, 0) is 22.9 Å². The fourth-order valence-electron chi connectivity index (χ4n) is 2.68. The van der Waals surface area contributed by atoms with Crippen molar-refractivity contribution in [3.8, 4) is 0 Å². The first-order valence-corrected chi connectivity index (χ1v) is 7.05. The predicted octanol–water partition coefficient (Wildman–Crippen LogP) is 3.39. The topological polar surface area (TPSA) is 29.9 Å². The highest BCUT2D eigenvalue weighted by molar-refractivity contribution is 5.86. The van der Waals surface area contributed by atoms with Crippen molar-refractivity contribution < 1.29 is 0 Å². The first kappa shape index (κ1) is 12.9. The van der Waals surface area contributed by atoms with Gasteiger partial charge >= 0.3 is 0 Å². The zero-order valence-electron chi connectivity index (χ0n) is 11.7. The highest BCUT2D eigenvalue weighted by atomic mass is 15.1. The molecule has 1 unspecified atom stereocenters. The van der Waals surface area contributed by atoms with Crippen LogP contribution in [0.5, 0.6) is 0 Å². The van der Waals surface area contributed by atoms with Gasteiger partial charge in [0.05, 0.1) is 12.4 Å². The Labute approximate surface area is 119 Å². The number of hydrogen-bond donors (Lipinski definition) is 1. The largest absolute Gasteiger partial charge is 0.336 e. The van der Waals surface area contributed by atoms with E-state index in [0.717, 1.165) is 13.1 Å². The van der Waals surface area contributed by atoms with Crippen molar-refractivity contribution in [3.63, 3.8) is 0 Å². The van der Waals surface area contributed by atoms with Gasteiger partial charge in [0.2, 0.25) is 0 Å². The second-order valence-electron chi connectivity index (χ2n) is 4.94. The Morgan fingerprint density at radius 1 is 1.15 bits per heavy atom. The van der Waals surface area contributed by atoms with Crippen LogP contribution in [0, 0.1) is 0 Å². The quantitative estimate of drug-likeness (QED) is 0.766. The normalized spacial score (nSPS) is 12.7. The lowest BCUT2D eigenvalue weighted by molar-refractivity contribution is 0.477. The molecule has 1 N–H and O–H groups in total. The van der Waals surface area contributed by atoms with E-state index in [4.69, 9.17) is 0 Å². The Morgan fingerprint density at radius 3 is 2.80 bits per heavy atom. The molecule has 0 aliphatic heterocycles. The molecule has 0 fully saturated rings. The smallest absolute Gasteiger partial charge is 0.0946 e. The SMILES string of the molecule is CCNC(Cn1ccnc1)c1cccc2ccccc12. The van der Waals surface area contributed by atoms with Gasteiger partial charge in [-0.25, -0.2) is 4.98 Å². The van der Waals surface area contributed by atoms with Crippen LogP contribution >= 0.6 is 0 Å². The van der Waals surface area contributed by atoms with Crippen LogP contribution in [-0.2, 0) is 6.54 Å². The summed E-state index contributed by atoms with van der Waals surface area (Å²) in [4.78, 5) is 4.13. The monoisotopic (exact) mass is 265 g/mol. The lowest BCUT2D eigenvalue weighted by atomic mass is 9.98. The number of likely N-dealkylation sites (N-methyl/N-ethyl adjacent to an activating group) is 1. The summed E-state index contributed by atoms with van der Waals surface area (Å²) in [6, 6.07) is 15.4. The van der Waals surface area contributed by atoms with Crippen LogP contribution in [0.3, 0.4) is 0 Å². The number of benzene rings is 2. The lowest BCUT2D eigenvalue weighted by Gasteiger charge is -2.20. The van der Waals surface area contributed by atoms with Crippen molar-refractivity contribution >= 4 is 10.8 Å². The van der Waals surface area contributed by atoms with E-state index in [1.807, 2.05) is 18.7 Å². The van der Waals surface area contributed by atoms with Gasteiger partial charge in [0.1, 0.15) is 0 Å². The molecule has 0 saturated carbocycles. The standard InChI is InChI=1S/C17H19N3/c1-2-19-17(12-20-11-10-18-13-20)16-9-5-7-14-6-3-4-8-15(14)16/h3-11,13,17,19H,2,12H2,1H3. The number of fused-ring (bicyclic) bond motifs is 1. The average molecular weight is 265 g/mol. The van der Waals surface area contributed by atoms with E-state index in [2.05, 4.69) is 64.3 Å². The number of aromatic nitrogens is 2. The van der Waals surface area contributed by atoms with Gasteiger partial charge in [0.15, 0.2) is 0 Å². The molecule has 1 aromatic heterocycles. The number of hydrogen-bond acceptors (Lipinski definition) is 2. The molecule has 3 aromatic rings. The second kappa shape index (κ2) is 5.88. The van der Waals surface area contributed by atoms with Crippen LogP contribution in [0.4, 0.5) is 0 Å². The molecule has 2 aromatic carbocycles. The van der Waals surface area contributed by atoms with E-state index in [0.29, 0.717) is 6.04 Å². The van der Waals surface area contributed by atoms with Crippen molar-refractivity contribution in [1.29, 1.82) is 0 Å². The summed E-state index contributed by atoms with van der Waals surface area (Å²) < 4.78 is 2.12. The van der Waals surface area contributed by atoms with Crippen LogP contribution < -0.4 is 5.32 Å². The Hall–Kier alpha value is -2.13. The van der Waals surface area contributed by atoms with Crippen LogP contribution in [0.2, 0.25) is 0 Å². The van der Waals surface area contributed by atoms with E-state index in [9.17, 15) is 0 Å². The van der Waals surface area contributed by atoms with Crippen molar-refractivity contribution in [3.05, 3.63) is 66.7 Å². The Morgan fingerprint density at radius 2 is 2.00 bits per heavy atom. The summed E-state index contributed by atoms with van der Waals surface area (Å²) in [7, 11) is 0. The molecule has 0 radical (unpaired) electrons. The van der Waals surface area contributed by atoms with E-state index >= 15 is 0 Å². The molecule has 3 nitrogen and oxygen atoms in total. The molecule has 1 atom stereocenters. The molecular weight excluding hydrogens is 246 g/mol. The molecule has 0 aliphatic carbocycles. The lowest BCUT2D eigenvalue weighted by Crippen LogP contribution is -2.25. The highest BCUT2D eigenvalue weighted by Crippen LogP contribution is 2.25. The predicted molar refractivity (Wildman–Crippen MR) is 82.6 cm³/mol. The molecule has 3 rings (SSSR count). The number of imidazole rings is 1. The summed E-state index contributed by atoms with van der Waals surface area (Å²) >= 11 is 0. The summed E-state index contributed by atoms with van der Waals surface area (Å²) in [6.07, 6.45) is 5.71. The van der Waals surface area contributed by atoms with Crippen molar-refractivity contribution in [2.75, 3.05) is 6.54 Å². The number of rotatable bonds is 5. The average Bonchev–Trinajstić information content (AvgIpc) is 2.99. The molecular formula is C17H19N3. The van der Waals surface area contributed by atoms with Crippen LogP contribution in [0.25, 0.3) is 10.8 Å². The van der Waals surface area contributed by atoms with Gasteiger partial charge in [-0.15, -0.1) is 0 Å². The van der Waals surface area contributed by atoms with Gasteiger partial charge in [0, 0.05) is 18.9 Å². The fourth-order valence-corrected chi connectivity index (χ4v) is 2.68. The summed E-state index contributed by atoms with van der Waals surface area (Å²) in [5.74, 6) is 0. The highest BCUT2D eigenvalue weighted by Gasteiger charge is 2.13. The molecule has 1 heterocycles. The summed E-state index contributed by atoms with van der Waals surface area (Å²) in [5.41, 5.74) is 1.35. The molecule has 3 heteroatoms. The maximum Gasteiger partial charge on any atom is 0.0946 e. The first-order valence-electron chi connectivity index (χ1n) is 7.05. The minimum absolute atomic E-state index is 0.292. The third-order valence-electron chi connectivity index (χ3n) is 3.60. The molecule has 0 aliphatic rings. The minimum Gasteiger partial charge on any atom is -0.336 e.